The van der Waals surface area contributed by atoms with E-state index in [1.165, 1.54) is 30.6 Å². The lowest BCUT2D eigenvalue weighted by atomic mass is 10.2. The van der Waals surface area contributed by atoms with Crippen molar-refractivity contribution in [2.24, 2.45) is 0 Å². The molecular weight excluding hydrogens is 398 g/mol. The second-order valence-electron chi connectivity index (χ2n) is 6.38. The van der Waals surface area contributed by atoms with Gasteiger partial charge in [-0.05, 0) is 78.3 Å². The summed E-state index contributed by atoms with van der Waals surface area (Å²) in [4.78, 5) is 15.8. The van der Waals surface area contributed by atoms with Gasteiger partial charge in [0.25, 0.3) is 0 Å². The predicted molar refractivity (Wildman–Crippen MR) is 109 cm³/mol. The van der Waals surface area contributed by atoms with Crippen LogP contribution in [0.1, 0.15) is 30.6 Å². The number of nitrogens with zero attached hydrogens (tertiary/aromatic N) is 1. The number of likely N-dealkylation sites (tertiary alicyclic amines) is 1. The van der Waals surface area contributed by atoms with E-state index in [1.54, 1.807) is 11.3 Å². The molecular formula is C19H24BrN3OS. The van der Waals surface area contributed by atoms with Crippen molar-refractivity contribution in [2.45, 2.75) is 32.2 Å². The largest absolute Gasteiger partial charge is 0.380 e. The van der Waals surface area contributed by atoms with Gasteiger partial charge in [-0.3, -0.25) is 9.69 Å². The molecule has 1 fully saturated rings. The van der Waals surface area contributed by atoms with Gasteiger partial charge in [0, 0.05) is 22.8 Å². The fourth-order valence-electron chi connectivity index (χ4n) is 3.01. The van der Waals surface area contributed by atoms with Crippen molar-refractivity contribution in [2.75, 3.05) is 30.3 Å². The SMILES string of the molecule is O=C(CN1CCCCCC1)Nc1ccc(NCc2ccc(Br)s2)cc1. The minimum atomic E-state index is 0.0750. The number of anilines is 2. The first-order valence-corrected chi connectivity index (χ1v) is 10.4. The Morgan fingerprint density at radius 2 is 1.68 bits per heavy atom. The molecule has 0 spiro atoms. The molecule has 4 nitrogen and oxygen atoms in total. The fraction of sp³-hybridized carbons (Fsp3) is 0.421. The molecule has 0 unspecified atom stereocenters. The van der Waals surface area contributed by atoms with Gasteiger partial charge >= 0.3 is 0 Å². The second kappa shape index (κ2) is 9.36. The quantitative estimate of drug-likeness (QED) is 0.693. The van der Waals surface area contributed by atoms with Gasteiger partial charge in [0.15, 0.2) is 0 Å². The third-order valence-electron chi connectivity index (χ3n) is 4.33. The Morgan fingerprint density at radius 1 is 1.00 bits per heavy atom. The first-order valence-electron chi connectivity index (χ1n) is 8.79. The summed E-state index contributed by atoms with van der Waals surface area (Å²) in [6, 6.07) is 12.1. The summed E-state index contributed by atoms with van der Waals surface area (Å²) in [5, 5.41) is 6.40. The highest BCUT2D eigenvalue weighted by molar-refractivity contribution is 9.11. The maximum Gasteiger partial charge on any atom is 0.238 e. The molecule has 3 rings (SSSR count). The molecule has 0 radical (unpaired) electrons. The third-order valence-corrected chi connectivity index (χ3v) is 5.95. The lowest BCUT2D eigenvalue weighted by Gasteiger charge is -2.19. The number of thiophene rings is 1. The van der Waals surface area contributed by atoms with Crippen LogP contribution >= 0.6 is 27.3 Å². The number of benzene rings is 1. The maximum atomic E-state index is 12.2. The van der Waals surface area contributed by atoms with Gasteiger partial charge in [-0.1, -0.05) is 12.8 Å². The van der Waals surface area contributed by atoms with E-state index in [2.05, 4.69) is 43.6 Å². The molecule has 2 heterocycles. The van der Waals surface area contributed by atoms with Crippen LogP contribution in [-0.4, -0.2) is 30.4 Å². The lowest BCUT2D eigenvalue weighted by molar-refractivity contribution is -0.117. The van der Waals surface area contributed by atoms with Gasteiger partial charge in [-0.25, -0.2) is 0 Å². The van der Waals surface area contributed by atoms with Crippen molar-refractivity contribution < 1.29 is 4.79 Å². The molecule has 6 heteroatoms. The number of nitrogens with one attached hydrogen (secondary N) is 2. The van der Waals surface area contributed by atoms with Gasteiger partial charge in [0.1, 0.15) is 0 Å². The zero-order chi connectivity index (χ0) is 17.5. The van der Waals surface area contributed by atoms with Crippen molar-refractivity contribution >= 4 is 44.5 Å². The Bertz CT molecular complexity index is 678. The molecule has 25 heavy (non-hydrogen) atoms. The van der Waals surface area contributed by atoms with E-state index in [4.69, 9.17) is 0 Å². The van der Waals surface area contributed by atoms with Gasteiger partial charge in [0.2, 0.25) is 5.91 Å². The average molecular weight is 422 g/mol. The van der Waals surface area contributed by atoms with E-state index in [0.29, 0.717) is 6.54 Å². The zero-order valence-electron chi connectivity index (χ0n) is 14.3. The van der Waals surface area contributed by atoms with Crippen LogP contribution in [-0.2, 0) is 11.3 Å². The molecule has 0 atom stereocenters. The van der Waals surface area contributed by atoms with E-state index in [0.717, 1.165) is 34.8 Å². The summed E-state index contributed by atoms with van der Waals surface area (Å²) < 4.78 is 1.15. The van der Waals surface area contributed by atoms with E-state index in [1.807, 2.05) is 24.3 Å². The third kappa shape index (κ3) is 6.13. The van der Waals surface area contributed by atoms with Crippen molar-refractivity contribution in [3.05, 3.63) is 45.1 Å². The standard InChI is InChI=1S/C19H24BrN3OS/c20-18-10-9-17(25-18)13-21-15-5-7-16(8-6-15)22-19(24)14-23-11-3-1-2-4-12-23/h5-10,21H,1-4,11-14H2,(H,22,24). The van der Waals surface area contributed by atoms with E-state index in [-0.39, 0.29) is 5.91 Å². The average Bonchev–Trinajstić information content (AvgIpc) is 2.85. The smallest absolute Gasteiger partial charge is 0.238 e. The molecule has 2 aromatic rings. The molecule has 2 N–H and O–H groups in total. The van der Waals surface area contributed by atoms with Gasteiger partial charge in [-0.15, -0.1) is 11.3 Å². The second-order valence-corrected chi connectivity index (χ2v) is 8.92. The molecule has 1 aliphatic rings. The first kappa shape index (κ1) is 18.4. The van der Waals surface area contributed by atoms with Crippen molar-refractivity contribution in [3.63, 3.8) is 0 Å². The predicted octanol–water partition coefficient (Wildman–Crippen LogP) is 4.94. The number of hydrogen-bond acceptors (Lipinski definition) is 4. The van der Waals surface area contributed by atoms with Crippen LogP contribution in [0.4, 0.5) is 11.4 Å². The van der Waals surface area contributed by atoms with Gasteiger partial charge in [0.05, 0.1) is 10.3 Å². The Kier molecular flexibility index (Phi) is 6.90. The number of halogens is 1. The summed E-state index contributed by atoms with van der Waals surface area (Å²) in [5.74, 6) is 0.0750. The van der Waals surface area contributed by atoms with Crippen LogP contribution in [0.2, 0.25) is 0 Å². The van der Waals surface area contributed by atoms with E-state index in [9.17, 15) is 4.79 Å². The van der Waals surface area contributed by atoms with E-state index >= 15 is 0 Å². The summed E-state index contributed by atoms with van der Waals surface area (Å²) >= 11 is 5.21. The number of carbonyl (C=O) groups excluding carboxylic acids is 1. The normalized spacial score (nSPS) is 15.6. The summed E-state index contributed by atoms with van der Waals surface area (Å²) in [6.07, 6.45) is 4.98. The van der Waals surface area contributed by atoms with Crippen molar-refractivity contribution in [1.82, 2.24) is 4.90 Å². The number of rotatable bonds is 6. The molecule has 1 aliphatic heterocycles. The molecule has 0 aliphatic carbocycles. The highest BCUT2D eigenvalue weighted by Gasteiger charge is 2.13. The Balaban J connectivity index is 1.45. The highest BCUT2D eigenvalue weighted by atomic mass is 79.9. The van der Waals surface area contributed by atoms with Gasteiger partial charge < -0.3 is 10.6 Å². The number of carbonyl (C=O) groups is 1. The number of hydrogen-bond donors (Lipinski definition) is 2. The Morgan fingerprint density at radius 3 is 2.32 bits per heavy atom. The Labute approximate surface area is 161 Å². The molecule has 1 saturated heterocycles. The molecule has 134 valence electrons. The summed E-state index contributed by atoms with van der Waals surface area (Å²) in [5.41, 5.74) is 1.90. The van der Waals surface area contributed by atoms with Gasteiger partial charge in [-0.2, -0.15) is 0 Å². The molecule has 0 saturated carbocycles. The molecule has 1 aromatic heterocycles. The maximum absolute atomic E-state index is 12.2. The molecule has 1 aromatic carbocycles. The van der Waals surface area contributed by atoms with Crippen molar-refractivity contribution in [1.29, 1.82) is 0 Å². The number of amides is 1. The fourth-order valence-corrected chi connectivity index (χ4v) is 4.43. The minimum absolute atomic E-state index is 0.0750. The topological polar surface area (TPSA) is 44.4 Å². The lowest BCUT2D eigenvalue weighted by Crippen LogP contribution is -2.33. The van der Waals surface area contributed by atoms with E-state index < -0.39 is 0 Å². The zero-order valence-corrected chi connectivity index (χ0v) is 16.7. The van der Waals surface area contributed by atoms with Crippen LogP contribution < -0.4 is 10.6 Å². The van der Waals surface area contributed by atoms with Crippen LogP contribution in [0.3, 0.4) is 0 Å². The molecule has 0 bridgehead atoms. The summed E-state index contributed by atoms with van der Waals surface area (Å²) in [7, 11) is 0. The highest BCUT2D eigenvalue weighted by Crippen LogP contribution is 2.23. The summed E-state index contributed by atoms with van der Waals surface area (Å²) in [6.45, 7) is 3.37. The Hall–Kier alpha value is -1.37. The monoisotopic (exact) mass is 421 g/mol. The minimum Gasteiger partial charge on any atom is -0.380 e. The van der Waals surface area contributed by atoms with Crippen LogP contribution in [0.15, 0.2) is 40.2 Å². The first-order chi connectivity index (χ1) is 12.2. The van der Waals surface area contributed by atoms with Crippen LogP contribution in [0.25, 0.3) is 0 Å². The van der Waals surface area contributed by atoms with Crippen LogP contribution in [0, 0.1) is 0 Å². The van der Waals surface area contributed by atoms with Crippen LogP contribution in [0.5, 0.6) is 0 Å². The van der Waals surface area contributed by atoms with Crippen molar-refractivity contribution in [3.8, 4) is 0 Å². The molecule has 1 amide bonds.